The molecule has 1 saturated heterocycles. The summed E-state index contributed by atoms with van der Waals surface area (Å²) in [6.45, 7) is 0. The van der Waals surface area contributed by atoms with Crippen LogP contribution in [0.15, 0.2) is 0 Å². The van der Waals surface area contributed by atoms with E-state index in [0.29, 0.717) is 38.5 Å². The minimum atomic E-state index is -0.747. The number of rotatable bonds is 7. The van der Waals surface area contributed by atoms with Crippen LogP contribution in [0, 0.1) is 11.3 Å². The zero-order valence-corrected chi connectivity index (χ0v) is 10.6. The Morgan fingerprint density at radius 3 is 2.79 bits per heavy atom. The van der Waals surface area contributed by atoms with Crippen molar-refractivity contribution in [1.29, 1.82) is 5.26 Å². The van der Waals surface area contributed by atoms with E-state index in [0.717, 1.165) is 0 Å². The maximum absolute atomic E-state index is 11.8. The highest BCUT2D eigenvalue weighted by atomic mass is 16.2. The number of nitrogens with zero attached hydrogens (tertiary/aromatic N) is 1. The minimum absolute atomic E-state index is 0.162. The minimum Gasteiger partial charge on any atom is -0.368 e. The Hall–Kier alpha value is -2.10. The summed E-state index contributed by atoms with van der Waals surface area (Å²) in [5.41, 5.74) is 5.22. The smallest absolute Gasteiger partial charge is 0.243 e. The summed E-state index contributed by atoms with van der Waals surface area (Å²) < 4.78 is 0. The number of nitrogens with one attached hydrogen (secondary N) is 2. The Kier molecular flexibility index (Phi) is 5.79. The average molecular weight is 266 g/mol. The Labute approximate surface area is 111 Å². The van der Waals surface area contributed by atoms with Crippen LogP contribution in [0.25, 0.3) is 0 Å². The SMILES string of the molecule is N#CCCCC[C@@H](NC(=O)[C@H]1CCC(=O)N1)C(N)=O. The maximum Gasteiger partial charge on any atom is 0.243 e. The van der Waals surface area contributed by atoms with Crippen molar-refractivity contribution in [3.05, 3.63) is 0 Å². The largest absolute Gasteiger partial charge is 0.368 e. The third-order valence-corrected chi connectivity index (χ3v) is 3.00. The second-order valence-corrected chi connectivity index (χ2v) is 4.53. The molecule has 1 aliphatic rings. The molecule has 7 heteroatoms. The Morgan fingerprint density at radius 2 is 2.26 bits per heavy atom. The maximum atomic E-state index is 11.8. The number of amides is 3. The third kappa shape index (κ3) is 4.95. The van der Waals surface area contributed by atoms with Crippen molar-refractivity contribution in [3.63, 3.8) is 0 Å². The highest BCUT2D eigenvalue weighted by Crippen LogP contribution is 2.08. The lowest BCUT2D eigenvalue weighted by Gasteiger charge is -2.17. The molecule has 2 atom stereocenters. The van der Waals surface area contributed by atoms with Gasteiger partial charge in [-0.1, -0.05) is 0 Å². The standard InChI is InChI=1S/C12H18N4O3/c13-7-3-1-2-4-8(11(14)18)16-12(19)9-5-6-10(17)15-9/h8-9H,1-6H2,(H2,14,18)(H,15,17)(H,16,19)/t8-,9-/m1/s1. The van der Waals surface area contributed by atoms with E-state index in [1.165, 1.54) is 0 Å². The molecular weight excluding hydrogens is 248 g/mol. The van der Waals surface area contributed by atoms with Crippen molar-refractivity contribution in [2.24, 2.45) is 5.73 Å². The van der Waals surface area contributed by atoms with Crippen LogP contribution in [0.5, 0.6) is 0 Å². The molecule has 0 aromatic carbocycles. The topological polar surface area (TPSA) is 125 Å². The van der Waals surface area contributed by atoms with Gasteiger partial charge in [0.25, 0.3) is 0 Å². The summed E-state index contributed by atoms with van der Waals surface area (Å²) in [5, 5.41) is 13.5. The predicted octanol–water partition coefficient (Wildman–Crippen LogP) is -0.681. The summed E-state index contributed by atoms with van der Waals surface area (Å²) >= 11 is 0. The molecule has 0 aromatic rings. The van der Waals surface area contributed by atoms with Crippen LogP contribution in [0.2, 0.25) is 0 Å². The number of unbranched alkanes of at least 4 members (excludes halogenated alkanes) is 2. The van der Waals surface area contributed by atoms with Crippen molar-refractivity contribution < 1.29 is 14.4 Å². The van der Waals surface area contributed by atoms with Crippen molar-refractivity contribution in [3.8, 4) is 6.07 Å². The molecule has 0 radical (unpaired) electrons. The van der Waals surface area contributed by atoms with Gasteiger partial charge in [0.15, 0.2) is 0 Å². The monoisotopic (exact) mass is 266 g/mol. The average Bonchev–Trinajstić information content (AvgIpc) is 2.79. The summed E-state index contributed by atoms with van der Waals surface area (Å²) in [7, 11) is 0. The molecule has 1 heterocycles. The van der Waals surface area contributed by atoms with E-state index < -0.39 is 18.0 Å². The first-order valence-electron chi connectivity index (χ1n) is 6.30. The first-order chi connectivity index (χ1) is 9.04. The first kappa shape index (κ1) is 15.0. The highest BCUT2D eigenvalue weighted by molar-refractivity contribution is 5.93. The van der Waals surface area contributed by atoms with Crippen LogP contribution in [0.3, 0.4) is 0 Å². The van der Waals surface area contributed by atoms with E-state index in [1.54, 1.807) is 0 Å². The first-order valence-corrected chi connectivity index (χ1v) is 6.30. The van der Waals surface area contributed by atoms with Gasteiger partial charge in [0.2, 0.25) is 17.7 Å². The molecule has 1 fully saturated rings. The van der Waals surface area contributed by atoms with E-state index in [1.807, 2.05) is 6.07 Å². The van der Waals surface area contributed by atoms with Crippen molar-refractivity contribution in [2.45, 2.75) is 50.6 Å². The summed E-state index contributed by atoms with van der Waals surface area (Å²) in [6, 6.07) is 0.688. The van der Waals surface area contributed by atoms with Crippen molar-refractivity contribution in [1.82, 2.24) is 10.6 Å². The molecule has 0 bridgehead atoms. The van der Waals surface area contributed by atoms with Crippen LogP contribution in [-0.4, -0.2) is 29.8 Å². The Balaban J connectivity index is 2.40. The second-order valence-electron chi connectivity index (χ2n) is 4.53. The van der Waals surface area contributed by atoms with E-state index in [9.17, 15) is 14.4 Å². The van der Waals surface area contributed by atoms with Crippen LogP contribution in [0.1, 0.15) is 38.5 Å². The molecule has 7 nitrogen and oxygen atoms in total. The normalized spacial score (nSPS) is 19.3. The van der Waals surface area contributed by atoms with Crippen LogP contribution >= 0.6 is 0 Å². The number of carbonyl (C=O) groups excluding carboxylic acids is 3. The third-order valence-electron chi connectivity index (χ3n) is 3.00. The fourth-order valence-electron chi connectivity index (χ4n) is 1.92. The van der Waals surface area contributed by atoms with Gasteiger partial charge in [-0.15, -0.1) is 0 Å². The number of nitrogens with two attached hydrogens (primary N) is 1. The zero-order chi connectivity index (χ0) is 14.3. The van der Waals surface area contributed by atoms with Gasteiger partial charge in [-0.2, -0.15) is 5.26 Å². The second kappa shape index (κ2) is 7.36. The van der Waals surface area contributed by atoms with Crippen LogP contribution in [0.4, 0.5) is 0 Å². The van der Waals surface area contributed by atoms with Gasteiger partial charge in [-0.25, -0.2) is 0 Å². The number of primary amides is 1. The van der Waals surface area contributed by atoms with Gasteiger partial charge in [-0.05, 0) is 25.7 Å². The molecule has 1 rings (SSSR count). The summed E-state index contributed by atoms with van der Waals surface area (Å²) in [5.74, 6) is -1.14. The van der Waals surface area contributed by atoms with Gasteiger partial charge in [0.1, 0.15) is 12.1 Å². The fraction of sp³-hybridized carbons (Fsp3) is 0.667. The zero-order valence-electron chi connectivity index (χ0n) is 10.6. The van der Waals surface area contributed by atoms with Gasteiger partial charge in [0, 0.05) is 12.8 Å². The van der Waals surface area contributed by atoms with E-state index in [4.69, 9.17) is 11.0 Å². The molecular formula is C12H18N4O3. The molecule has 0 unspecified atom stereocenters. The number of hydrogen-bond donors (Lipinski definition) is 3. The van der Waals surface area contributed by atoms with Gasteiger partial charge < -0.3 is 16.4 Å². The van der Waals surface area contributed by atoms with E-state index in [-0.39, 0.29) is 11.8 Å². The molecule has 0 aliphatic carbocycles. The number of carbonyl (C=O) groups is 3. The Bertz CT molecular complexity index is 402. The highest BCUT2D eigenvalue weighted by Gasteiger charge is 2.29. The molecule has 19 heavy (non-hydrogen) atoms. The van der Waals surface area contributed by atoms with Crippen molar-refractivity contribution in [2.75, 3.05) is 0 Å². The lowest BCUT2D eigenvalue weighted by molar-refractivity contribution is -0.129. The van der Waals surface area contributed by atoms with Gasteiger partial charge in [0.05, 0.1) is 6.07 Å². The molecule has 0 aromatic heterocycles. The number of hydrogen-bond acceptors (Lipinski definition) is 4. The molecule has 104 valence electrons. The van der Waals surface area contributed by atoms with Crippen molar-refractivity contribution >= 4 is 17.7 Å². The van der Waals surface area contributed by atoms with Gasteiger partial charge in [-0.3, -0.25) is 14.4 Å². The van der Waals surface area contributed by atoms with Gasteiger partial charge >= 0.3 is 0 Å². The molecule has 1 aliphatic heterocycles. The van der Waals surface area contributed by atoms with Crippen LogP contribution in [-0.2, 0) is 14.4 Å². The Morgan fingerprint density at radius 1 is 1.53 bits per heavy atom. The van der Waals surface area contributed by atoms with E-state index in [2.05, 4.69) is 10.6 Å². The molecule has 0 saturated carbocycles. The molecule has 0 spiro atoms. The van der Waals surface area contributed by atoms with E-state index >= 15 is 0 Å². The lowest BCUT2D eigenvalue weighted by atomic mass is 10.1. The quantitative estimate of drug-likeness (QED) is 0.528. The summed E-state index contributed by atoms with van der Waals surface area (Å²) in [6.07, 6.45) is 2.88. The van der Waals surface area contributed by atoms with Crippen LogP contribution < -0.4 is 16.4 Å². The number of nitriles is 1. The predicted molar refractivity (Wildman–Crippen MR) is 66.4 cm³/mol. The molecule has 4 N–H and O–H groups in total. The molecule has 3 amide bonds. The lowest BCUT2D eigenvalue weighted by Crippen LogP contribution is -2.50. The summed E-state index contributed by atoms with van der Waals surface area (Å²) in [4.78, 5) is 34.0. The fourth-order valence-corrected chi connectivity index (χ4v) is 1.92.